The van der Waals surface area contributed by atoms with Gasteiger partial charge in [-0.2, -0.15) is 4.72 Å². The summed E-state index contributed by atoms with van der Waals surface area (Å²) in [6, 6.07) is 16.6. The average molecular weight is 438 g/mol. The maximum Gasteiger partial charge on any atom is 0.244 e. The average Bonchev–Trinajstić information content (AvgIpc) is 3.18. The first-order valence-corrected chi connectivity index (χ1v) is 10.9. The predicted octanol–water partition coefficient (Wildman–Crippen LogP) is 3.45. The number of hydrogen-bond donors (Lipinski definition) is 2. The van der Waals surface area contributed by atoms with E-state index in [2.05, 4.69) is 15.0 Å². The molecule has 2 N–H and O–H groups in total. The Morgan fingerprint density at radius 1 is 1.03 bits per heavy atom. The minimum Gasteiger partial charge on any atom is -0.325 e. The van der Waals surface area contributed by atoms with Gasteiger partial charge in [0.15, 0.2) is 0 Å². The highest BCUT2D eigenvalue weighted by Crippen LogP contribution is 2.21. The van der Waals surface area contributed by atoms with Crippen LogP contribution in [0.3, 0.4) is 0 Å². The summed E-state index contributed by atoms with van der Waals surface area (Å²) in [5.74, 6) is -1.45. The number of nitrogens with one attached hydrogen (secondary N) is 2. The summed E-state index contributed by atoms with van der Waals surface area (Å²) >= 11 is 0. The lowest BCUT2D eigenvalue weighted by Gasteiger charge is -2.15. The molecule has 0 aliphatic rings. The van der Waals surface area contributed by atoms with Crippen LogP contribution >= 0.6 is 0 Å². The molecule has 158 valence electrons. The first-order valence-electron chi connectivity index (χ1n) is 9.45. The van der Waals surface area contributed by atoms with E-state index in [4.69, 9.17) is 0 Å². The van der Waals surface area contributed by atoms with Crippen LogP contribution in [-0.2, 0) is 14.8 Å². The number of hydrogen-bond acceptors (Lipinski definition) is 4. The Labute approximate surface area is 178 Å². The molecule has 0 saturated carbocycles. The Morgan fingerprint density at radius 2 is 1.74 bits per heavy atom. The third-order valence-corrected chi connectivity index (χ3v) is 6.24. The third-order valence-electron chi connectivity index (χ3n) is 4.66. The van der Waals surface area contributed by atoms with E-state index in [1.165, 1.54) is 19.1 Å². The maximum absolute atomic E-state index is 13.8. The van der Waals surface area contributed by atoms with E-state index < -0.39 is 32.7 Å². The molecule has 0 bridgehead atoms. The highest BCUT2D eigenvalue weighted by atomic mass is 32.2. The van der Waals surface area contributed by atoms with Gasteiger partial charge in [0.25, 0.3) is 0 Å². The van der Waals surface area contributed by atoms with Crippen molar-refractivity contribution in [1.29, 1.82) is 0 Å². The van der Waals surface area contributed by atoms with Gasteiger partial charge < -0.3 is 9.72 Å². The van der Waals surface area contributed by atoms with Crippen molar-refractivity contribution in [2.75, 3.05) is 5.32 Å². The summed E-state index contributed by atoms with van der Waals surface area (Å²) in [7, 11) is -4.18. The number of benzene rings is 2. The number of sulfonamides is 1. The molecular weight excluding hydrogens is 419 g/mol. The molecule has 2 aromatic heterocycles. The molecule has 4 aromatic rings. The topological polar surface area (TPSA) is 92.6 Å². The Morgan fingerprint density at radius 3 is 2.45 bits per heavy atom. The molecule has 2 heterocycles. The zero-order valence-electron chi connectivity index (χ0n) is 16.5. The fourth-order valence-corrected chi connectivity index (χ4v) is 4.34. The van der Waals surface area contributed by atoms with E-state index in [-0.39, 0.29) is 0 Å². The lowest BCUT2D eigenvalue weighted by atomic mass is 10.1. The van der Waals surface area contributed by atoms with E-state index in [1.54, 1.807) is 12.1 Å². The van der Waals surface area contributed by atoms with Gasteiger partial charge in [-0.1, -0.05) is 30.3 Å². The van der Waals surface area contributed by atoms with Crippen LogP contribution in [0.5, 0.6) is 0 Å². The predicted molar refractivity (Wildman–Crippen MR) is 115 cm³/mol. The summed E-state index contributed by atoms with van der Waals surface area (Å²) in [5.41, 5.74) is 2.98. The Bertz CT molecular complexity index is 1320. The van der Waals surface area contributed by atoms with Crippen molar-refractivity contribution < 1.29 is 17.6 Å². The molecule has 0 aliphatic heterocycles. The number of halogens is 1. The van der Waals surface area contributed by atoms with Crippen molar-refractivity contribution in [3.63, 3.8) is 0 Å². The molecule has 0 fully saturated rings. The highest BCUT2D eigenvalue weighted by Gasteiger charge is 2.24. The summed E-state index contributed by atoms with van der Waals surface area (Å²) in [4.78, 5) is 16.5. The summed E-state index contributed by atoms with van der Waals surface area (Å²) in [5, 5.41) is 2.65. The number of aromatic nitrogens is 2. The van der Waals surface area contributed by atoms with Crippen LogP contribution in [0.2, 0.25) is 0 Å². The Hall–Kier alpha value is -3.56. The normalized spacial score (nSPS) is 12.6. The minimum atomic E-state index is -4.18. The van der Waals surface area contributed by atoms with Crippen molar-refractivity contribution in [3.8, 4) is 11.3 Å². The number of nitrogens with zero attached hydrogens (tertiary/aromatic N) is 2. The molecule has 2 aromatic carbocycles. The fourth-order valence-electron chi connectivity index (χ4n) is 3.06. The Balaban J connectivity index is 1.44. The van der Waals surface area contributed by atoms with Crippen LogP contribution in [0.1, 0.15) is 6.92 Å². The van der Waals surface area contributed by atoms with Crippen molar-refractivity contribution in [2.24, 2.45) is 0 Å². The van der Waals surface area contributed by atoms with Gasteiger partial charge in [0.1, 0.15) is 16.4 Å². The fraction of sp³-hybridized carbons (Fsp3) is 0.0909. The van der Waals surface area contributed by atoms with Gasteiger partial charge in [0.05, 0.1) is 11.7 Å². The van der Waals surface area contributed by atoms with E-state index >= 15 is 0 Å². The SMILES string of the molecule is C[C@H](NS(=O)(=O)c1ccccc1F)C(=O)Nc1ccc(-c2cn3ccccc3n2)cc1. The summed E-state index contributed by atoms with van der Waals surface area (Å²) in [6.07, 6.45) is 3.81. The van der Waals surface area contributed by atoms with Crippen molar-refractivity contribution in [3.05, 3.63) is 84.9 Å². The number of anilines is 1. The van der Waals surface area contributed by atoms with Gasteiger partial charge in [0, 0.05) is 23.6 Å². The molecule has 1 atom stereocenters. The van der Waals surface area contributed by atoms with Crippen LogP contribution in [0, 0.1) is 5.82 Å². The molecule has 4 rings (SSSR count). The van der Waals surface area contributed by atoms with Crippen LogP contribution in [0.4, 0.5) is 10.1 Å². The molecule has 9 heteroatoms. The second-order valence-corrected chi connectivity index (χ2v) is 8.61. The zero-order chi connectivity index (χ0) is 22.0. The van der Waals surface area contributed by atoms with Crippen LogP contribution in [0.15, 0.2) is 84.0 Å². The molecule has 0 spiro atoms. The number of fused-ring (bicyclic) bond motifs is 1. The second-order valence-electron chi connectivity index (χ2n) is 6.93. The van der Waals surface area contributed by atoms with E-state index in [0.29, 0.717) is 5.69 Å². The third kappa shape index (κ3) is 4.47. The standard InChI is InChI=1S/C22H19FN4O3S/c1-15(26-31(29,30)20-7-3-2-6-18(20)23)22(28)24-17-11-9-16(10-12-17)19-14-27-13-5-4-8-21(27)25-19/h2-15,26H,1H3,(H,24,28)/t15-/m0/s1. The largest absolute Gasteiger partial charge is 0.325 e. The molecule has 0 saturated heterocycles. The number of imidazole rings is 1. The quantitative estimate of drug-likeness (QED) is 0.482. The van der Waals surface area contributed by atoms with E-state index in [0.717, 1.165) is 29.0 Å². The highest BCUT2D eigenvalue weighted by molar-refractivity contribution is 7.89. The van der Waals surface area contributed by atoms with Crippen molar-refractivity contribution >= 4 is 27.3 Å². The molecule has 31 heavy (non-hydrogen) atoms. The minimum absolute atomic E-state index is 0.495. The lowest BCUT2D eigenvalue weighted by molar-refractivity contribution is -0.117. The van der Waals surface area contributed by atoms with Gasteiger partial charge in [0.2, 0.25) is 15.9 Å². The van der Waals surface area contributed by atoms with Crippen LogP contribution < -0.4 is 10.0 Å². The molecular formula is C22H19FN4O3S. The van der Waals surface area contributed by atoms with Gasteiger partial charge in [-0.25, -0.2) is 17.8 Å². The van der Waals surface area contributed by atoms with Gasteiger partial charge in [-0.05, 0) is 43.3 Å². The molecule has 0 aliphatic carbocycles. The zero-order valence-corrected chi connectivity index (χ0v) is 17.3. The Kier molecular flexibility index (Phi) is 5.53. The van der Waals surface area contributed by atoms with Crippen LogP contribution in [-0.4, -0.2) is 29.8 Å². The molecule has 1 amide bonds. The number of rotatable bonds is 6. The monoisotopic (exact) mass is 438 g/mol. The first-order chi connectivity index (χ1) is 14.8. The maximum atomic E-state index is 13.8. The number of carbonyl (C=O) groups excluding carboxylic acids is 1. The molecule has 7 nitrogen and oxygen atoms in total. The lowest BCUT2D eigenvalue weighted by Crippen LogP contribution is -2.41. The van der Waals surface area contributed by atoms with E-state index in [1.807, 2.05) is 47.1 Å². The number of carbonyl (C=O) groups is 1. The first kappa shape index (κ1) is 20.7. The molecule has 0 radical (unpaired) electrons. The second kappa shape index (κ2) is 8.29. The molecule has 0 unspecified atom stereocenters. The smallest absolute Gasteiger partial charge is 0.244 e. The van der Waals surface area contributed by atoms with Gasteiger partial charge in [-0.15, -0.1) is 0 Å². The van der Waals surface area contributed by atoms with Gasteiger partial charge in [-0.3, -0.25) is 4.79 Å². The van der Waals surface area contributed by atoms with Crippen molar-refractivity contribution in [2.45, 2.75) is 17.9 Å². The van der Waals surface area contributed by atoms with Crippen LogP contribution in [0.25, 0.3) is 16.9 Å². The van der Waals surface area contributed by atoms with Crippen molar-refractivity contribution in [1.82, 2.24) is 14.1 Å². The number of amides is 1. The summed E-state index contributed by atoms with van der Waals surface area (Å²) in [6.45, 7) is 1.39. The number of pyridine rings is 1. The van der Waals surface area contributed by atoms with Gasteiger partial charge >= 0.3 is 0 Å². The van der Waals surface area contributed by atoms with E-state index in [9.17, 15) is 17.6 Å². The summed E-state index contributed by atoms with van der Waals surface area (Å²) < 4.78 is 42.6.